The lowest BCUT2D eigenvalue weighted by atomic mass is 10.1. The molecule has 102 valence electrons. The van der Waals surface area contributed by atoms with Crippen molar-refractivity contribution in [1.29, 1.82) is 0 Å². The minimum absolute atomic E-state index is 0.259. The van der Waals surface area contributed by atoms with E-state index in [1.54, 1.807) is 0 Å². The molecule has 0 saturated carbocycles. The van der Waals surface area contributed by atoms with Gasteiger partial charge in [0.05, 0.1) is 6.10 Å². The summed E-state index contributed by atoms with van der Waals surface area (Å²) in [4.78, 5) is 0. The number of ether oxygens (including phenoxy) is 1. The van der Waals surface area contributed by atoms with Crippen molar-refractivity contribution in [3.63, 3.8) is 0 Å². The van der Waals surface area contributed by atoms with E-state index in [0.717, 1.165) is 11.3 Å². The molecule has 18 heavy (non-hydrogen) atoms. The van der Waals surface area contributed by atoms with E-state index >= 15 is 0 Å². The lowest BCUT2D eigenvalue weighted by Gasteiger charge is -2.22. The van der Waals surface area contributed by atoms with Gasteiger partial charge in [-0.05, 0) is 38.5 Å². The molecule has 1 aromatic carbocycles. The summed E-state index contributed by atoms with van der Waals surface area (Å²) < 4.78 is 17.7. The number of halogens is 1. The third kappa shape index (κ3) is 5.47. The highest BCUT2D eigenvalue weighted by molar-refractivity contribution is 5.30. The number of benzene rings is 1. The summed E-state index contributed by atoms with van der Waals surface area (Å²) in [5, 5.41) is 12.8. The maximum absolute atomic E-state index is 11.9. The zero-order chi connectivity index (χ0) is 13.6. The first-order valence-electron chi connectivity index (χ1n) is 6.16. The summed E-state index contributed by atoms with van der Waals surface area (Å²) in [6.45, 7) is 6.08. The van der Waals surface area contributed by atoms with Crippen molar-refractivity contribution >= 4 is 0 Å². The zero-order valence-electron chi connectivity index (χ0n) is 11.2. The quantitative estimate of drug-likeness (QED) is 0.767. The van der Waals surface area contributed by atoms with Gasteiger partial charge in [-0.15, -0.1) is 0 Å². The predicted molar refractivity (Wildman–Crippen MR) is 70.6 cm³/mol. The highest BCUT2D eigenvalue weighted by atomic mass is 19.1. The molecule has 4 heteroatoms. The van der Waals surface area contributed by atoms with Crippen molar-refractivity contribution in [2.75, 3.05) is 19.8 Å². The Kier molecular flexibility index (Phi) is 5.56. The molecule has 1 aromatic rings. The van der Waals surface area contributed by atoms with Gasteiger partial charge in [-0.2, -0.15) is 0 Å². The molecule has 3 nitrogen and oxygen atoms in total. The molecular weight excluding hydrogens is 233 g/mol. The first kappa shape index (κ1) is 14.9. The highest BCUT2D eigenvalue weighted by Crippen LogP contribution is 2.22. The van der Waals surface area contributed by atoms with E-state index in [4.69, 9.17) is 4.74 Å². The van der Waals surface area contributed by atoms with E-state index in [-0.39, 0.29) is 12.1 Å². The summed E-state index contributed by atoms with van der Waals surface area (Å²) >= 11 is 0. The number of hydrogen-bond acceptors (Lipinski definition) is 3. The Balaban J connectivity index is 2.63. The van der Waals surface area contributed by atoms with E-state index in [9.17, 15) is 9.50 Å². The average Bonchev–Trinajstić information content (AvgIpc) is 2.27. The number of hydrogen-bond donors (Lipinski definition) is 2. The minimum Gasteiger partial charge on any atom is -0.488 e. The lowest BCUT2D eigenvalue weighted by Crippen LogP contribution is -2.24. The van der Waals surface area contributed by atoms with Gasteiger partial charge in [0, 0.05) is 13.1 Å². The topological polar surface area (TPSA) is 41.5 Å². The normalized spacial score (nSPS) is 13.4. The van der Waals surface area contributed by atoms with Crippen LogP contribution in [-0.4, -0.2) is 30.5 Å². The van der Waals surface area contributed by atoms with Crippen LogP contribution in [0.2, 0.25) is 0 Å². The molecule has 0 aromatic heterocycles. The first-order chi connectivity index (χ1) is 8.42. The van der Waals surface area contributed by atoms with Crippen molar-refractivity contribution in [2.45, 2.75) is 32.5 Å². The van der Waals surface area contributed by atoms with Gasteiger partial charge in [0.2, 0.25) is 0 Å². The molecule has 0 spiro atoms. The largest absolute Gasteiger partial charge is 0.488 e. The molecular formula is C14H22FNO2. The fourth-order valence-electron chi connectivity index (χ4n) is 1.56. The monoisotopic (exact) mass is 255 g/mol. The van der Waals surface area contributed by atoms with E-state index < -0.39 is 12.8 Å². The van der Waals surface area contributed by atoms with Gasteiger partial charge in [0.25, 0.3) is 0 Å². The summed E-state index contributed by atoms with van der Waals surface area (Å²) in [6.07, 6.45) is -0.653. The zero-order valence-corrected chi connectivity index (χ0v) is 11.2. The molecule has 1 rings (SSSR count). The van der Waals surface area contributed by atoms with Crippen LogP contribution in [0, 0.1) is 0 Å². The summed E-state index contributed by atoms with van der Waals surface area (Å²) in [5.41, 5.74) is 0.499. The molecule has 0 bridgehead atoms. The van der Waals surface area contributed by atoms with Gasteiger partial charge < -0.3 is 15.2 Å². The van der Waals surface area contributed by atoms with Crippen LogP contribution in [0.4, 0.5) is 4.39 Å². The van der Waals surface area contributed by atoms with Crippen LogP contribution in [0.3, 0.4) is 0 Å². The van der Waals surface area contributed by atoms with E-state index in [0.29, 0.717) is 6.54 Å². The number of nitrogens with one attached hydrogen (secondary N) is 1. The van der Waals surface area contributed by atoms with Crippen LogP contribution < -0.4 is 10.1 Å². The Labute approximate surface area is 108 Å². The van der Waals surface area contributed by atoms with Gasteiger partial charge in [-0.3, -0.25) is 0 Å². The summed E-state index contributed by atoms with van der Waals surface area (Å²) in [7, 11) is 0. The number of aliphatic hydroxyl groups excluding tert-OH is 1. The van der Waals surface area contributed by atoms with Crippen molar-refractivity contribution in [3.05, 3.63) is 29.8 Å². The van der Waals surface area contributed by atoms with Crippen molar-refractivity contribution in [2.24, 2.45) is 0 Å². The van der Waals surface area contributed by atoms with E-state index in [2.05, 4.69) is 5.32 Å². The maximum Gasteiger partial charge on any atom is 0.120 e. The number of aliphatic hydroxyl groups is 1. The fraction of sp³-hybridized carbons (Fsp3) is 0.571. The smallest absolute Gasteiger partial charge is 0.120 e. The van der Waals surface area contributed by atoms with E-state index in [1.165, 1.54) is 0 Å². The molecule has 1 atom stereocenters. The molecule has 0 amide bonds. The van der Waals surface area contributed by atoms with Gasteiger partial charge in [-0.25, -0.2) is 4.39 Å². The molecule has 0 aliphatic carbocycles. The third-order valence-corrected chi connectivity index (χ3v) is 2.28. The Hall–Kier alpha value is -1.13. The highest BCUT2D eigenvalue weighted by Gasteiger charge is 2.13. The van der Waals surface area contributed by atoms with Crippen LogP contribution in [0.5, 0.6) is 5.75 Å². The summed E-state index contributed by atoms with van der Waals surface area (Å²) in [6, 6.07) is 7.34. The number of rotatable bonds is 6. The molecule has 0 heterocycles. The van der Waals surface area contributed by atoms with Crippen molar-refractivity contribution in [3.8, 4) is 5.75 Å². The third-order valence-electron chi connectivity index (χ3n) is 2.28. The Bertz CT molecular complexity index is 363. The van der Waals surface area contributed by atoms with Crippen LogP contribution in [0.15, 0.2) is 24.3 Å². The van der Waals surface area contributed by atoms with Gasteiger partial charge in [-0.1, -0.05) is 12.1 Å². The molecule has 0 aliphatic heterocycles. The van der Waals surface area contributed by atoms with Crippen LogP contribution >= 0.6 is 0 Å². The second-order valence-corrected chi connectivity index (χ2v) is 5.20. The fourth-order valence-corrected chi connectivity index (χ4v) is 1.56. The van der Waals surface area contributed by atoms with Gasteiger partial charge in [0.1, 0.15) is 18.0 Å². The molecule has 0 aliphatic rings. The summed E-state index contributed by atoms with van der Waals surface area (Å²) in [5.74, 6) is 0.726. The molecule has 0 radical (unpaired) electrons. The second kappa shape index (κ2) is 6.71. The second-order valence-electron chi connectivity index (χ2n) is 5.20. The first-order valence-corrected chi connectivity index (χ1v) is 6.16. The Morgan fingerprint density at radius 1 is 1.39 bits per heavy atom. The van der Waals surface area contributed by atoms with Gasteiger partial charge >= 0.3 is 0 Å². The van der Waals surface area contributed by atoms with Gasteiger partial charge in [0.15, 0.2) is 0 Å². The molecule has 2 N–H and O–H groups in total. The van der Waals surface area contributed by atoms with Crippen molar-refractivity contribution in [1.82, 2.24) is 5.32 Å². The number of alkyl halides is 1. The van der Waals surface area contributed by atoms with Crippen LogP contribution in [-0.2, 0) is 0 Å². The van der Waals surface area contributed by atoms with Crippen molar-refractivity contribution < 1.29 is 14.2 Å². The lowest BCUT2D eigenvalue weighted by molar-refractivity contribution is 0.129. The van der Waals surface area contributed by atoms with E-state index in [1.807, 2.05) is 45.0 Å². The maximum atomic E-state index is 11.9. The average molecular weight is 255 g/mol. The minimum atomic E-state index is -0.653. The molecule has 0 saturated heterocycles. The van der Waals surface area contributed by atoms with Crippen LogP contribution in [0.25, 0.3) is 0 Å². The predicted octanol–water partition coefficient (Wildman–Crippen LogP) is 2.46. The standard InChI is InChI=1S/C14H22FNO2/c1-14(2,3)18-12-6-4-5-11(9-12)13(17)10-16-8-7-15/h4-6,9,13,16-17H,7-8,10H2,1-3H3. The Morgan fingerprint density at radius 3 is 2.72 bits per heavy atom. The SMILES string of the molecule is CC(C)(C)Oc1cccc(C(O)CNCCF)c1. The van der Waals surface area contributed by atoms with Crippen LogP contribution in [0.1, 0.15) is 32.4 Å². The molecule has 0 fully saturated rings. The Morgan fingerprint density at radius 2 is 2.11 bits per heavy atom. The molecule has 1 unspecified atom stereocenters.